The van der Waals surface area contributed by atoms with Gasteiger partial charge in [0.15, 0.2) is 0 Å². The number of aliphatic hydroxyl groups is 1. The number of hydrogen-bond donors (Lipinski definition) is 2. The molecule has 0 unspecified atom stereocenters. The van der Waals surface area contributed by atoms with Crippen molar-refractivity contribution < 1.29 is 19.7 Å². The van der Waals surface area contributed by atoms with Crippen LogP contribution in [0.4, 0.5) is 0 Å². The van der Waals surface area contributed by atoms with Crippen LogP contribution in [0.1, 0.15) is 121 Å². The van der Waals surface area contributed by atoms with Crippen molar-refractivity contribution in [2.75, 3.05) is 25.6 Å². The van der Waals surface area contributed by atoms with Gasteiger partial charge in [-0.05, 0) is 75.3 Å². The van der Waals surface area contributed by atoms with Gasteiger partial charge in [0.1, 0.15) is 17.1 Å². The van der Waals surface area contributed by atoms with Gasteiger partial charge in [-0.3, -0.25) is 0 Å². The third-order valence-electron chi connectivity index (χ3n) is 8.56. The normalized spacial score (nSPS) is 18.9. The summed E-state index contributed by atoms with van der Waals surface area (Å²) in [5.41, 5.74) is 4.12. The Hall–Kier alpha value is -0.910. The molecule has 0 aromatic heterocycles. The highest BCUT2D eigenvalue weighted by atomic mass is 32.2. The standard InChI is InChI=1S/C33H58O4S/c1-24(2)11-8-12-25(3)13-9-14-26(4)15-10-17-33(7)18-16-29-30(23-38-22-21-36-20-19-34)31(35)27(5)28(6)32(29)37-33/h24-26,34-35H,8-23H2,1-7H3/t25-,26-,33-/m1/s1. The number of phenolic OH excluding ortho intramolecular Hbond substituents is 1. The fourth-order valence-corrected chi connectivity index (χ4v) is 6.66. The third-order valence-corrected chi connectivity index (χ3v) is 9.51. The van der Waals surface area contributed by atoms with Crippen LogP contribution in [0.15, 0.2) is 0 Å². The van der Waals surface area contributed by atoms with Gasteiger partial charge in [-0.15, -0.1) is 0 Å². The summed E-state index contributed by atoms with van der Waals surface area (Å²) in [6.07, 6.45) is 13.8. The van der Waals surface area contributed by atoms with E-state index in [1.165, 1.54) is 56.9 Å². The van der Waals surface area contributed by atoms with E-state index in [9.17, 15) is 5.11 Å². The molecule has 1 aromatic rings. The molecule has 0 aliphatic carbocycles. The van der Waals surface area contributed by atoms with Crippen molar-refractivity contribution in [2.45, 2.75) is 130 Å². The van der Waals surface area contributed by atoms with Crippen LogP contribution in [0, 0.1) is 31.6 Å². The Labute approximate surface area is 238 Å². The molecule has 2 rings (SSSR count). The molecule has 0 saturated heterocycles. The Balaban J connectivity index is 1.83. The SMILES string of the molecule is Cc1c(C)c2c(c(CSCCOCCO)c1O)CC[C@@](C)(CCC[C@H](C)CCC[C@H](C)CCCC(C)C)O2. The van der Waals surface area contributed by atoms with E-state index in [0.717, 1.165) is 71.0 Å². The van der Waals surface area contributed by atoms with Crippen molar-refractivity contribution in [3.63, 3.8) is 0 Å². The van der Waals surface area contributed by atoms with Gasteiger partial charge in [-0.1, -0.05) is 72.6 Å². The summed E-state index contributed by atoms with van der Waals surface area (Å²) in [5.74, 6) is 5.52. The molecule has 1 heterocycles. The summed E-state index contributed by atoms with van der Waals surface area (Å²) in [7, 11) is 0. The van der Waals surface area contributed by atoms with Gasteiger partial charge in [-0.2, -0.15) is 11.8 Å². The second kappa shape index (κ2) is 17.0. The van der Waals surface area contributed by atoms with Crippen molar-refractivity contribution in [3.8, 4) is 11.5 Å². The van der Waals surface area contributed by atoms with Crippen LogP contribution in [0.2, 0.25) is 0 Å². The first kappa shape index (κ1) is 33.3. The maximum Gasteiger partial charge on any atom is 0.127 e. The summed E-state index contributed by atoms with van der Waals surface area (Å²) in [4.78, 5) is 0. The smallest absolute Gasteiger partial charge is 0.127 e. The van der Waals surface area contributed by atoms with Gasteiger partial charge < -0.3 is 19.7 Å². The monoisotopic (exact) mass is 550 g/mol. The zero-order valence-corrected chi connectivity index (χ0v) is 26.5. The fourth-order valence-electron chi connectivity index (χ4n) is 5.76. The predicted molar refractivity (Wildman–Crippen MR) is 164 cm³/mol. The first-order valence-electron chi connectivity index (χ1n) is 15.4. The largest absolute Gasteiger partial charge is 0.507 e. The predicted octanol–water partition coefficient (Wildman–Crippen LogP) is 8.77. The molecule has 3 atom stereocenters. The van der Waals surface area contributed by atoms with Gasteiger partial charge in [0, 0.05) is 22.6 Å². The summed E-state index contributed by atoms with van der Waals surface area (Å²) in [5, 5.41) is 19.8. The lowest BCUT2D eigenvalue weighted by Gasteiger charge is -2.38. The van der Waals surface area contributed by atoms with Gasteiger partial charge in [-0.25, -0.2) is 0 Å². The number of rotatable bonds is 19. The quantitative estimate of drug-likeness (QED) is 0.169. The Morgan fingerprint density at radius 3 is 2.18 bits per heavy atom. The minimum absolute atomic E-state index is 0.0586. The number of aromatic hydroxyl groups is 1. The van der Waals surface area contributed by atoms with Crippen LogP contribution >= 0.6 is 11.8 Å². The maximum absolute atomic E-state index is 10.9. The average molecular weight is 551 g/mol. The van der Waals surface area contributed by atoms with E-state index >= 15 is 0 Å². The number of phenols is 1. The van der Waals surface area contributed by atoms with E-state index in [-0.39, 0.29) is 12.2 Å². The molecule has 0 amide bonds. The first-order valence-corrected chi connectivity index (χ1v) is 16.5. The Morgan fingerprint density at radius 1 is 0.921 bits per heavy atom. The van der Waals surface area contributed by atoms with Crippen molar-refractivity contribution in [1.29, 1.82) is 0 Å². The molecule has 38 heavy (non-hydrogen) atoms. The van der Waals surface area contributed by atoms with Gasteiger partial charge in [0.05, 0.1) is 19.8 Å². The van der Waals surface area contributed by atoms with Gasteiger partial charge in [0.25, 0.3) is 0 Å². The average Bonchev–Trinajstić information content (AvgIpc) is 2.86. The molecule has 0 saturated carbocycles. The maximum atomic E-state index is 10.9. The number of fused-ring (bicyclic) bond motifs is 1. The van der Waals surface area contributed by atoms with Crippen LogP contribution in [0.3, 0.4) is 0 Å². The zero-order valence-electron chi connectivity index (χ0n) is 25.7. The summed E-state index contributed by atoms with van der Waals surface area (Å²) < 4.78 is 12.1. The molecule has 0 spiro atoms. The lowest BCUT2D eigenvalue weighted by Crippen LogP contribution is -2.37. The molecule has 2 N–H and O–H groups in total. The molecule has 4 nitrogen and oxygen atoms in total. The second-order valence-electron chi connectivity index (χ2n) is 12.7. The van der Waals surface area contributed by atoms with Crippen LogP contribution in [0.25, 0.3) is 0 Å². The lowest BCUT2D eigenvalue weighted by molar-refractivity contribution is 0.0511. The first-order chi connectivity index (χ1) is 18.1. The summed E-state index contributed by atoms with van der Waals surface area (Å²) in [6, 6.07) is 0. The fraction of sp³-hybridized carbons (Fsp3) is 0.818. The number of hydrogen-bond acceptors (Lipinski definition) is 5. The summed E-state index contributed by atoms with van der Waals surface area (Å²) >= 11 is 1.77. The summed E-state index contributed by atoms with van der Waals surface area (Å²) in [6.45, 7) is 17.0. The lowest BCUT2D eigenvalue weighted by atomic mass is 9.83. The number of ether oxygens (including phenoxy) is 2. The molecule has 0 radical (unpaired) electrons. The third kappa shape index (κ3) is 10.9. The van der Waals surface area contributed by atoms with Gasteiger partial charge >= 0.3 is 0 Å². The molecule has 0 fully saturated rings. The Morgan fingerprint density at radius 2 is 1.55 bits per heavy atom. The van der Waals surface area contributed by atoms with E-state index in [0.29, 0.717) is 19.0 Å². The van der Waals surface area contributed by atoms with E-state index in [1.807, 2.05) is 6.92 Å². The Kier molecular flexibility index (Phi) is 14.9. The molecular weight excluding hydrogens is 492 g/mol. The van der Waals surface area contributed by atoms with E-state index in [1.54, 1.807) is 11.8 Å². The molecule has 1 aromatic carbocycles. The highest BCUT2D eigenvalue weighted by molar-refractivity contribution is 7.98. The highest BCUT2D eigenvalue weighted by Crippen LogP contribution is 2.46. The minimum atomic E-state index is -0.131. The van der Waals surface area contributed by atoms with Crippen LogP contribution < -0.4 is 4.74 Å². The molecular formula is C33H58O4S. The van der Waals surface area contributed by atoms with Crippen molar-refractivity contribution in [2.24, 2.45) is 17.8 Å². The molecule has 5 heteroatoms. The van der Waals surface area contributed by atoms with E-state index in [2.05, 4.69) is 41.5 Å². The topological polar surface area (TPSA) is 58.9 Å². The van der Waals surface area contributed by atoms with Crippen LogP contribution in [-0.4, -0.2) is 41.4 Å². The number of benzene rings is 1. The van der Waals surface area contributed by atoms with E-state index < -0.39 is 0 Å². The van der Waals surface area contributed by atoms with Crippen molar-refractivity contribution in [3.05, 3.63) is 22.3 Å². The van der Waals surface area contributed by atoms with Crippen LogP contribution in [-0.2, 0) is 16.9 Å². The highest BCUT2D eigenvalue weighted by Gasteiger charge is 2.35. The molecule has 1 aliphatic rings. The van der Waals surface area contributed by atoms with Gasteiger partial charge in [0.2, 0.25) is 0 Å². The van der Waals surface area contributed by atoms with Crippen molar-refractivity contribution in [1.82, 2.24) is 0 Å². The zero-order chi connectivity index (χ0) is 28.1. The molecule has 220 valence electrons. The molecule has 1 aliphatic heterocycles. The van der Waals surface area contributed by atoms with Crippen molar-refractivity contribution >= 4 is 11.8 Å². The Bertz CT molecular complexity index is 824. The second-order valence-corrected chi connectivity index (χ2v) is 13.8. The van der Waals surface area contributed by atoms with E-state index in [4.69, 9.17) is 14.6 Å². The number of aliphatic hydroxyl groups excluding tert-OH is 1. The number of thioether (sulfide) groups is 1. The van der Waals surface area contributed by atoms with Crippen LogP contribution in [0.5, 0.6) is 11.5 Å². The molecule has 0 bridgehead atoms. The minimum Gasteiger partial charge on any atom is -0.507 e.